The van der Waals surface area contributed by atoms with E-state index in [1.807, 2.05) is 30.3 Å². The van der Waals surface area contributed by atoms with Gasteiger partial charge in [-0.2, -0.15) is 5.10 Å². The van der Waals surface area contributed by atoms with Gasteiger partial charge in [0.25, 0.3) is 5.91 Å². The van der Waals surface area contributed by atoms with Crippen LogP contribution in [0.25, 0.3) is 23.0 Å². The summed E-state index contributed by atoms with van der Waals surface area (Å²) < 4.78 is 33.6. The number of carbonyl (C=O) groups excluding carboxylic acids is 2. The third kappa shape index (κ3) is 5.60. The summed E-state index contributed by atoms with van der Waals surface area (Å²) in [4.78, 5) is 24.1. The number of aromatic nitrogens is 2. The lowest BCUT2D eigenvalue weighted by Crippen LogP contribution is -2.20. The highest BCUT2D eigenvalue weighted by Gasteiger charge is 2.12. The van der Waals surface area contributed by atoms with Crippen LogP contribution in [-0.2, 0) is 14.3 Å². The molecular formula is C26H19F2N3O3. The number of nitrogens with zero attached hydrogens (tertiary/aromatic N) is 2. The molecule has 0 aliphatic rings. The second-order valence-electron chi connectivity index (χ2n) is 7.19. The Kier molecular flexibility index (Phi) is 6.88. The fraction of sp³-hybridized carbons (Fsp3) is 0.0385. The Morgan fingerprint density at radius 2 is 1.65 bits per heavy atom. The molecule has 3 aromatic carbocycles. The van der Waals surface area contributed by atoms with E-state index in [2.05, 4.69) is 10.4 Å². The molecule has 34 heavy (non-hydrogen) atoms. The fourth-order valence-electron chi connectivity index (χ4n) is 3.15. The average Bonchev–Trinajstić information content (AvgIpc) is 3.28. The maximum Gasteiger partial charge on any atom is 0.331 e. The van der Waals surface area contributed by atoms with Gasteiger partial charge < -0.3 is 10.1 Å². The standard InChI is InChI=1S/C26H19F2N3O3/c27-20-13-10-18(11-14-20)26-19(16-31(30-26)21-6-2-1-3-7-21)12-15-25(33)34-17-24(32)29-23-9-5-4-8-22(23)28/h1-16H,17H2,(H,29,32). The summed E-state index contributed by atoms with van der Waals surface area (Å²) in [5.74, 6) is -2.40. The first kappa shape index (κ1) is 22.6. The van der Waals surface area contributed by atoms with Gasteiger partial charge in [0.05, 0.1) is 17.1 Å². The SMILES string of the molecule is O=C(COC(=O)C=Cc1cn(-c2ccccc2)nc1-c1ccc(F)cc1)Nc1ccccc1F. The maximum absolute atomic E-state index is 13.6. The molecule has 0 atom stereocenters. The molecule has 0 fully saturated rings. The number of rotatable bonds is 7. The van der Waals surface area contributed by atoms with Gasteiger partial charge in [-0.1, -0.05) is 30.3 Å². The lowest BCUT2D eigenvalue weighted by Gasteiger charge is -2.06. The number of hydrogen-bond donors (Lipinski definition) is 1. The minimum Gasteiger partial charge on any atom is -0.452 e. The van der Waals surface area contributed by atoms with E-state index in [0.717, 1.165) is 11.8 Å². The highest BCUT2D eigenvalue weighted by atomic mass is 19.1. The van der Waals surface area contributed by atoms with Crippen molar-refractivity contribution in [1.29, 1.82) is 0 Å². The Morgan fingerprint density at radius 3 is 2.38 bits per heavy atom. The molecular weight excluding hydrogens is 440 g/mol. The van der Waals surface area contributed by atoms with Crippen molar-refractivity contribution in [1.82, 2.24) is 9.78 Å². The normalized spacial score (nSPS) is 10.9. The van der Waals surface area contributed by atoms with Gasteiger partial charge in [0.2, 0.25) is 0 Å². The number of halogens is 2. The number of esters is 1. The predicted molar refractivity (Wildman–Crippen MR) is 124 cm³/mol. The number of anilines is 1. The molecule has 1 heterocycles. The van der Waals surface area contributed by atoms with Crippen molar-refractivity contribution in [3.63, 3.8) is 0 Å². The van der Waals surface area contributed by atoms with Crippen molar-refractivity contribution in [3.05, 3.63) is 108 Å². The highest BCUT2D eigenvalue weighted by molar-refractivity contribution is 5.95. The molecule has 0 bridgehead atoms. The number of ether oxygens (including phenoxy) is 1. The first-order valence-corrected chi connectivity index (χ1v) is 10.3. The van der Waals surface area contributed by atoms with E-state index in [1.54, 1.807) is 29.1 Å². The quantitative estimate of drug-likeness (QED) is 0.311. The molecule has 0 spiro atoms. The molecule has 8 heteroatoms. The first-order chi connectivity index (χ1) is 16.5. The van der Waals surface area contributed by atoms with Crippen LogP contribution in [0, 0.1) is 11.6 Å². The topological polar surface area (TPSA) is 73.2 Å². The number of hydrogen-bond acceptors (Lipinski definition) is 4. The van der Waals surface area contributed by atoms with Gasteiger partial charge in [0.15, 0.2) is 6.61 Å². The van der Waals surface area contributed by atoms with Crippen LogP contribution in [0.3, 0.4) is 0 Å². The fourth-order valence-corrected chi connectivity index (χ4v) is 3.15. The molecule has 4 aromatic rings. The van der Waals surface area contributed by atoms with Crippen LogP contribution in [0.15, 0.2) is 91.1 Å². The Morgan fingerprint density at radius 1 is 0.941 bits per heavy atom. The molecule has 1 N–H and O–H groups in total. The molecule has 0 unspecified atom stereocenters. The second kappa shape index (κ2) is 10.4. The van der Waals surface area contributed by atoms with E-state index in [1.165, 1.54) is 36.4 Å². The summed E-state index contributed by atoms with van der Waals surface area (Å²) in [7, 11) is 0. The third-order valence-corrected chi connectivity index (χ3v) is 4.77. The number of nitrogens with one attached hydrogen (secondary N) is 1. The monoisotopic (exact) mass is 459 g/mol. The Labute approximate surface area is 194 Å². The summed E-state index contributed by atoms with van der Waals surface area (Å²) in [6, 6.07) is 20.9. The average molecular weight is 459 g/mol. The van der Waals surface area contributed by atoms with Crippen LogP contribution in [0.1, 0.15) is 5.56 Å². The lowest BCUT2D eigenvalue weighted by molar-refractivity contribution is -0.142. The van der Waals surface area contributed by atoms with E-state index in [-0.39, 0.29) is 11.5 Å². The number of para-hydroxylation sites is 2. The highest BCUT2D eigenvalue weighted by Crippen LogP contribution is 2.25. The zero-order valence-electron chi connectivity index (χ0n) is 17.8. The van der Waals surface area contributed by atoms with Crippen LogP contribution in [0.2, 0.25) is 0 Å². The van der Waals surface area contributed by atoms with Crippen molar-refractivity contribution in [2.75, 3.05) is 11.9 Å². The first-order valence-electron chi connectivity index (χ1n) is 10.3. The maximum atomic E-state index is 13.6. The molecule has 1 amide bonds. The summed E-state index contributed by atoms with van der Waals surface area (Å²) in [6.07, 6.45) is 4.39. The predicted octanol–water partition coefficient (Wildman–Crippen LogP) is 5.01. The van der Waals surface area contributed by atoms with Crippen LogP contribution in [0.5, 0.6) is 0 Å². The summed E-state index contributed by atoms with van der Waals surface area (Å²) in [5.41, 5.74) is 2.58. The minimum atomic E-state index is -0.763. The van der Waals surface area contributed by atoms with E-state index in [4.69, 9.17) is 4.74 Å². The molecule has 0 aliphatic carbocycles. The number of benzene rings is 3. The van der Waals surface area contributed by atoms with Crippen molar-refractivity contribution >= 4 is 23.6 Å². The third-order valence-electron chi connectivity index (χ3n) is 4.77. The van der Waals surface area contributed by atoms with E-state index < -0.39 is 24.3 Å². The molecule has 0 saturated heterocycles. The van der Waals surface area contributed by atoms with E-state index in [0.29, 0.717) is 16.8 Å². The van der Waals surface area contributed by atoms with Crippen LogP contribution in [0.4, 0.5) is 14.5 Å². The van der Waals surface area contributed by atoms with Crippen molar-refractivity contribution in [2.45, 2.75) is 0 Å². The van der Waals surface area contributed by atoms with Crippen molar-refractivity contribution in [3.8, 4) is 16.9 Å². The van der Waals surface area contributed by atoms with Gasteiger partial charge in [-0.15, -0.1) is 0 Å². The van der Waals surface area contributed by atoms with Gasteiger partial charge in [-0.05, 0) is 54.6 Å². The molecule has 0 radical (unpaired) electrons. The van der Waals surface area contributed by atoms with E-state index >= 15 is 0 Å². The molecule has 0 aliphatic heterocycles. The summed E-state index contributed by atoms with van der Waals surface area (Å²) >= 11 is 0. The van der Waals surface area contributed by atoms with Crippen molar-refractivity contribution in [2.24, 2.45) is 0 Å². The number of carbonyl (C=O) groups is 2. The van der Waals surface area contributed by atoms with Gasteiger partial charge in [0, 0.05) is 23.4 Å². The zero-order chi connectivity index (χ0) is 23.9. The molecule has 6 nitrogen and oxygen atoms in total. The smallest absolute Gasteiger partial charge is 0.331 e. The summed E-state index contributed by atoms with van der Waals surface area (Å²) in [5, 5.41) is 6.92. The Bertz CT molecular complexity index is 1330. The number of amides is 1. The molecule has 1 aromatic heterocycles. The molecule has 170 valence electrons. The van der Waals surface area contributed by atoms with Gasteiger partial charge in [-0.3, -0.25) is 4.79 Å². The second-order valence-corrected chi connectivity index (χ2v) is 7.19. The van der Waals surface area contributed by atoms with Gasteiger partial charge in [0.1, 0.15) is 11.6 Å². The van der Waals surface area contributed by atoms with Crippen molar-refractivity contribution < 1.29 is 23.1 Å². The molecule has 4 rings (SSSR count). The zero-order valence-corrected chi connectivity index (χ0v) is 17.8. The van der Waals surface area contributed by atoms with Crippen LogP contribution < -0.4 is 5.32 Å². The largest absolute Gasteiger partial charge is 0.452 e. The molecule has 0 saturated carbocycles. The minimum absolute atomic E-state index is 0.00337. The Hall–Kier alpha value is -4.59. The van der Waals surface area contributed by atoms with Gasteiger partial charge in [-0.25, -0.2) is 18.3 Å². The van der Waals surface area contributed by atoms with Gasteiger partial charge >= 0.3 is 5.97 Å². The van der Waals surface area contributed by atoms with E-state index in [9.17, 15) is 18.4 Å². The Balaban J connectivity index is 1.48. The lowest BCUT2D eigenvalue weighted by atomic mass is 10.1. The summed E-state index contributed by atoms with van der Waals surface area (Å²) in [6.45, 7) is -0.578. The van der Waals surface area contributed by atoms with Crippen LogP contribution in [-0.4, -0.2) is 28.3 Å². The van der Waals surface area contributed by atoms with Crippen LogP contribution >= 0.6 is 0 Å².